The Kier molecular flexibility index (Phi) is 8.55. The van der Waals surface area contributed by atoms with Gasteiger partial charge in [-0.05, 0) is 110 Å². The van der Waals surface area contributed by atoms with E-state index in [0.29, 0.717) is 0 Å². The predicted molar refractivity (Wildman–Crippen MR) is 236 cm³/mol. The largest absolute Gasteiger partial charge is 0.456 e. The molecule has 0 aliphatic heterocycles. The molecule has 2 heteroatoms. The summed E-state index contributed by atoms with van der Waals surface area (Å²) in [5.74, 6) is 0. The van der Waals surface area contributed by atoms with Gasteiger partial charge in [-0.25, -0.2) is 0 Å². The van der Waals surface area contributed by atoms with Crippen molar-refractivity contribution in [3.63, 3.8) is 0 Å². The molecule has 1 heterocycles. The average Bonchev–Trinajstić information content (AvgIpc) is 3.66. The fourth-order valence-electron chi connectivity index (χ4n) is 7.95. The Morgan fingerprint density at radius 3 is 1.16 bits per heavy atom. The predicted octanol–water partition coefficient (Wildman–Crippen LogP) is 15.4. The van der Waals surface area contributed by atoms with Gasteiger partial charge in [-0.15, -0.1) is 0 Å². The van der Waals surface area contributed by atoms with E-state index in [1.165, 1.54) is 22.3 Å². The Balaban J connectivity index is 1.21. The zero-order valence-electron chi connectivity index (χ0n) is 30.7. The van der Waals surface area contributed by atoms with E-state index in [0.717, 1.165) is 72.4 Å². The molecular weight excluding hydrogens is 679 g/mol. The summed E-state index contributed by atoms with van der Waals surface area (Å²) in [6.07, 6.45) is 0. The van der Waals surface area contributed by atoms with Gasteiger partial charge in [-0.3, -0.25) is 0 Å². The Morgan fingerprint density at radius 2 is 0.661 bits per heavy atom. The Morgan fingerprint density at radius 1 is 0.268 bits per heavy atom. The van der Waals surface area contributed by atoms with E-state index in [-0.39, 0.29) is 0 Å². The second-order valence-corrected chi connectivity index (χ2v) is 14.1. The van der Waals surface area contributed by atoms with Gasteiger partial charge in [0.05, 0.1) is 0 Å². The van der Waals surface area contributed by atoms with E-state index in [1.54, 1.807) is 0 Å². The number of benzene rings is 9. The fraction of sp³-hybridized carbons (Fsp3) is 0. The molecular formula is C54H37NO. The van der Waals surface area contributed by atoms with E-state index in [2.05, 4.69) is 217 Å². The SMILES string of the molecule is c1ccc(-c2ccc(N(c3ccc(-c4ccccc4)cc3)c3cc(-c4ccccc4)c(-c4ccc5c(c4)oc4ccccc45)c(-c4ccccc4)c3)cc2)cc1. The van der Waals surface area contributed by atoms with Crippen LogP contribution in [0, 0.1) is 0 Å². The van der Waals surface area contributed by atoms with Gasteiger partial charge in [0.2, 0.25) is 0 Å². The molecule has 10 rings (SSSR count). The first-order valence-electron chi connectivity index (χ1n) is 19.1. The van der Waals surface area contributed by atoms with Crippen LogP contribution in [0.15, 0.2) is 229 Å². The van der Waals surface area contributed by atoms with Gasteiger partial charge in [0, 0.05) is 27.8 Å². The van der Waals surface area contributed by atoms with Gasteiger partial charge in [-0.2, -0.15) is 0 Å². The first kappa shape index (κ1) is 33.2. The Hall–Kier alpha value is -7.42. The van der Waals surface area contributed by atoms with Crippen molar-refractivity contribution in [2.24, 2.45) is 0 Å². The zero-order chi connectivity index (χ0) is 37.3. The molecule has 0 bridgehead atoms. The molecule has 2 nitrogen and oxygen atoms in total. The van der Waals surface area contributed by atoms with E-state index in [9.17, 15) is 0 Å². The molecule has 0 saturated heterocycles. The average molecular weight is 716 g/mol. The monoisotopic (exact) mass is 715 g/mol. The molecule has 1 aromatic heterocycles. The van der Waals surface area contributed by atoms with Crippen LogP contribution < -0.4 is 4.90 Å². The standard InChI is InChI=1S/C54H37NO/c1-5-15-38(16-6-1)40-25-30-45(31-26-40)55(46-32-27-41(28-33-46)39-17-7-2-8-18-39)47-36-50(42-19-9-3-10-20-42)54(51(37-47)43-21-11-4-12-22-43)44-29-34-49-48-23-13-14-24-52(48)56-53(49)35-44/h1-37H. The summed E-state index contributed by atoms with van der Waals surface area (Å²) >= 11 is 0. The van der Waals surface area contributed by atoms with Crippen molar-refractivity contribution >= 4 is 39.0 Å². The van der Waals surface area contributed by atoms with Crippen LogP contribution in [0.4, 0.5) is 17.1 Å². The molecule has 0 N–H and O–H groups in total. The maximum absolute atomic E-state index is 6.46. The third-order valence-electron chi connectivity index (χ3n) is 10.7. The van der Waals surface area contributed by atoms with Crippen LogP contribution in [0.2, 0.25) is 0 Å². The van der Waals surface area contributed by atoms with Crippen molar-refractivity contribution in [1.82, 2.24) is 0 Å². The van der Waals surface area contributed by atoms with Crippen LogP contribution in [0.3, 0.4) is 0 Å². The number of hydrogen-bond donors (Lipinski definition) is 0. The highest BCUT2D eigenvalue weighted by Crippen LogP contribution is 2.47. The van der Waals surface area contributed by atoms with Gasteiger partial charge >= 0.3 is 0 Å². The second-order valence-electron chi connectivity index (χ2n) is 14.1. The minimum absolute atomic E-state index is 0.879. The van der Waals surface area contributed by atoms with Crippen molar-refractivity contribution in [1.29, 1.82) is 0 Å². The van der Waals surface area contributed by atoms with Gasteiger partial charge in [0.25, 0.3) is 0 Å². The van der Waals surface area contributed by atoms with E-state index in [1.807, 2.05) is 12.1 Å². The van der Waals surface area contributed by atoms with Gasteiger partial charge in [0.15, 0.2) is 0 Å². The lowest BCUT2D eigenvalue weighted by atomic mass is 9.86. The smallest absolute Gasteiger partial charge is 0.136 e. The molecule has 0 saturated carbocycles. The molecule has 9 aromatic carbocycles. The molecule has 0 radical (unpaired) electrons. The third kappa shape index (κ3) is 6.24. The van der Waals surface area contributed by atoms with Crippen LogP contribution in [-0.2, 0) is 0 Å². The Bertz CT molecular complexity index is 2770. The molecule has 264 valence electrons. The van der Waals surface area contributed by atoms with Gasteiger partial charge < -0.3 is 9.32 Å². The number of nitrogens with zero attached hydrogens (tertiary/aromatic N) is 1. The summed E-state index contributed by atoms with van der Waals surface area (Å²) in [5, 5.41) is 2.25. The molecule has 0 spiro atoms. The van der Waals surface area contributed by atoms with Crippen molar-refractivity contribution in [3.8, 4) is 55.6 Å². The number of fused-ring (bicyclic) bond motifs is 3. The summed E-state index contributed by atoms with van der Waals surface area (Å²) in [6.45, 7) is 0. The summed E-state index contributed by atoms with van der Waals surface area (Å²) < 4.78 is 6.46. The number of para-hydroxylation sites is 1. The molecule has 0 aliphatic rings. The van der Waals surface area contributed by atoms with E-state index in [4.69, 9.17) is 4.42 Å². The lowest BCUT2D eigenvalue weighted by Gasteiger charge is -2.29. The first-order chi connectivity index (χ1) is 27.8. The van der Waals surface area contributed by atoms with Crippen molar-refractivity contribution < 1.29 is 4.42 Å². The van der Waals surface area contributed by atoms with Crippen molar-refractivity contribution in [3.05, 3.63) is 224 Å². The molecule has 0 unspecified atom stereocenters. The number of hydrogen-bond acceptors (Lipinski definition) is 2. The van der Waals surface area contributed by atoms with Crippen LogP contribution in [0.5, 0.6) is 0 Å². The van der Waals surface area contributed by atoms with Gasteiger partial charge in [0.1, 0.15) is 11.2 Å². The summed E-state index contributed by atoms with van der Waals surface area (Å²) in [4.78, 5) is 2.38. The first-order valence-corrected chi connectivity index (χ1v) is 19.1. The highest BCUT2D eigenvalue weighted by molar-refractivity contribution is 6.07. The highest BCUT2D eigenvalue weighted by atomic mass is 16.3. The summed E-state index contributed by atoms with van der Waals surface area (Å²) in [7, 11) is 0. The van der Waals surface area contributed by atoms with Crippen molar-refractivity contribution in [2.75, 3.05) is 4.90 Å². The minimum atomic E-state index is 0.879. The normalized spacial score (nSPS) is 11.2. The Labute approximate surface area is 327 Å². The zero-order valence-corrected chi connectivity index (χ0v) is 30.7. The maximum atomic E-state index is 6.46. The van der Waals surface area contributed by atoms with Crippen LogP contribution in [-0.4, -0.2) is 0 Å². The van der Waals surface area contributed by atoms with E-state index >= 15 is 0 Å². The highest BCUT2D eigenvalue weighted by Gasteiger charge is 2.22. The minimum Gasteiger partial charge on any atom is -0.456 e. The van der Waals surface area contributed by atoms with Gasteiger partial charge in [-0.1, -0.05) is 170 Å². The lowest BCUT2D eigenvalue weighted by Crippen LogP contribution is -2.11. The molecule has 0 aliphatic carbocycles. The van der Waals surface area contributed by atoms with Crippen molar-refractivity contribution in [2.45, 2.75) is 0 Å². The lowest BCUT2D eigenvalue weighted by molar-refractivity contribution is 0.669. The molecule has 0 fully saturated rings. The number of rotatable bonds is 8. The number of furan rings is 1. The molecule has 0 atom stereocenters. The molecule has 0 amide bonds. The van der Waals surface area contributed by atoms with Crippen LogP contribution in [0.1, 0.15) is 0 Å². The summed E-state index contributed by atoms with van der Waals surface area (Å²) in [6, 6.07) is 80.2. The quantitative estimate of drug-likeness (QED) is 0.156. The third-order valence-corrected chi connectivity index (χ3v) is 10.7. The van der Waals surface area contributed by atoms with Crippen LogP contribution in [0.25, 0.3) is 77.6 Å². The van der Waals surface area contributed by atoms with E-state index < -0.39 is 0 Å². The molecule has 10 aromatic rings. The summed E-state index contributed by atoms with van der Waals surface area (Å²) in [5.41, 5.74) is 16.6. The molecule has 56 heavy (non-hydrogen) atoms. The maximum Gasteiger partial charge on any atom is 0.136 e. The second kappa shape index (κ2) is 14.4. The fourth-order valence-corrected chi connectivity index (χ4v) is 7.95. The number of anilines is 3. The van der Waals surface area contributed by atoms with Crippen LogP contribution >= 0.6 is 0 Å². The topological polar surface area (TPSA) is 16.4 Å².